The zero-order valence-electron chi connectivity index (χ0n) is 14.0. The fourth-order valence-electron chi connectivity index (χ4n) is 4.17. The minimum absolute atomic E-state index is 0.0173. The summed E-state index contributed by atoms with van der Waals surface area (Å²) in [7, 11) is 0. The summed E-state index contributed by atoms with van der Waals surface area (Å²) in [5, 5.41) is 10.6. The summed E-state index contributed by atoms with van der Waals surface area (Å²) >= 11 is 0. The van der Waals surface area contributed by atoms with Gasteiger partial charge in [-0.1, -0.05) is 33.6 Å². The van der Waals surface area contributed by atoms with E-state index in [1.807, 2.05) is 6.07 Å². The molecule has 1 aliphatic carbocycles. The number of hydrogen-bond donors (Lipinski definition) is 1. The quantitative estimate of drug-likeness (QED) is 0.716. The second-order valence-electron chi connectivity index (χ2n) is 8.36. The van der Waals surface area contributed by atoms with Gasteiger partial charge in [0.15, 0.2) is 0 Å². The number of phenolic OH excluding ortho intramolecular Hbond substituents is 1. The van der Waals surface area contributed by atoms with Crippen molar-refractivity contribution in [2.75, 3.05) is 0 Å². The Morgan fingerprint density at radius 1 is 1.14 bits per heavy atom. The molecule has 0 bridgehead atoms. The molecule has 21 heavy (non-hydrogen) atoms. The van der Waals surface area contributed by atoms with Crippen molar-refractivity contribution in [2.24, 2.45) is 5.92 Å². The molecule has 1 heterocycles. The number of aromatic hydroxyl groups is 1. The van der Waals surface area contributed by atoms with Crippen molar-refractivity contribution >= 4 is 0 Å². The third kappa shape index (κ3) is 2.43. The number of fused-ring (bicyclic) bond motifs is 3. The highest BCUT2D eigenvalue weighted by molar-refractivity contribution is 5.53. The highest BCUT2D eigenvalue weighted by Crippen LogP contribution is 2.54. The molecule has 1 aromatic rings. The van der Waals surface area contributed by atoms with Crippen LogP contribution >= 0.6 is 0 Å². The molecule has 0 amide bonds. The van der Waals surface area contributed by atoms with Crippen LogP contribution in [-0.4, -0.2) is 10.7 Å². The van der Waals surface area contributed by atoms with Crippen molar-refractivity contribution in [3.8, 4) is 11.5 Å². The summed E-state index contributed by atoms with van der Waals surface area (Å²) in [6, 6.07) is 4.10. The molecule has 2 aliphatic rings. The van der Waals surface area contributed by atoms with Gasteiger partial charge in [-0.2, -0.15) is 0 Å². The number of rotatable bonds is 0. The molecular formula is C19H28O2. The van der Waals surface area contributed by atoms with Crippen LogP contribution in [0, 0.1) is 5.92 Å². The van der Waals surface area contributed by atoms with Gasteiger partial charge in [0.25, 0.3) is 0 Å². The average Bonchev–Trinajstić information content (AvgIpc) is 2.36. The first-order valence-electron chi connectivity index (χ1n) is 8.26. The van der Waals surface area contributed by atoms with E-state index >= 15 is 0 Å². The zero-order chi connectivity index (χ0) is 15.4. The van der Waals surface area contributed by atoms with Crippen LogP contribution in [0.4, 0.5) is 0 Å². The first kappa shape index (κ1) is 14.7. The lowest BCUT2D eigenvalue weighted by Gasteiger charge is -2.47. The Hall–Kier alpha value is -1.18. The molecule has 0 saturated heterocycles. The maximum absolute atomic E-state index is 10.6. The van der Waals surface area contributed by atoms with Gasteiger partial charge in [0.05, 0.1) is 0 Å². The van der Waals surface area contributed by atoms with Gasteiger partial charge in [-0.05, 0) is 55.7 Å². The second kappa shape index (κ2) is 4.66. The van der Waals surface area contributed by atoms with E-state index in [4.69, 9.17) is 4.74 Å². The van der Waals surface area contributed by atoms with E-state index in [1.54, 1.807) is 0 Å². The van der Waals surface area contributed by atoms with Crippen molar-refractivity contribution in [1.82, 2.24) is 0 Å². The molecule has 0 radical (unpaired) electrons. The molecule has 1 fully saturated rings. The average molecular weight is 288 g/mol. The molecule has 1 aliphatic heterocycles. The van der Waals surface area contributed by atoms with Gasteiger partial charge < -0.3 is 9.84 Å². The fraction of sp³-hybridized carbons (Fsp3) is 0.684. The molecule has 0 spiro atoms. The molecular weight excluding hydrogens is 260 g/mol. The Labute approximate surface area is 128 Å². The monoisotopic (exact) mass is 288 g/mol. The number of benzene rings is 1. The van der Waals surface area contributed by atoms with Gasteiger partial charge in [-0.15, -0.1) is 0 Å². The van der Waals surface area contributed by atoms with Gasteiger partial charge in [-0.25, -0.2) is 0 Å². The summed E-state index contributed by atoms with van der Waals surface area (Å²) in [4.78, 5) is 0. The molecule has 1 N–H and O–H groups in total. The van der Waals surface area contributed by atoms with Crippen LogP contribution in [0.2, 0.25) is 0 Å². The normalized spacial score (nSPS) is 27.5. The van der Waals surface area contributed by atoms with Gasteiger partial charge in [0, 0.05) is 11.5 Å². The number of ether oxygens (including phenoxy) is 1. The van der Waals surface area contributed by atoms with Crippen molar-refractivity contribution in [1.29, 1.82) is 0 Å². The summed E-state index contributed by atoms with van der Waals surface area (Å²) in [6.07, 6.45) is 4.92. The molecule has 3 rings (SSSR count). The molecule has 0 aromatic heterocycles. The lowest BCUT2D eigenvalue weighted by atomic mass is 9.66. The van der Waals surface area contributed by atoms with E-state index in [-0.39, 0.29) is 11.0 Å². The maximum Gasteiger partial charge on any atom is 0.127 e. The van der Waals surface area contributed by atoms with E-state index in [0.29, 0.717) is 17.6 Å². The molecule has 1 saturated carbocycles. The summed E-state index contributed by atoms with van der Waals surface area (Å²) in [6.45, 7) is 10.9. The van der Waals surface area contributed by atoms with Crippen LogP contribution in [0.25, 0.3) is 0 Å². The largest absolute Gasteiger partial charge is 0.508 e. The number of hydrogen-bond acceptors (Lipinski definition) is 2. The van der Waals surface area contributed by atoms with Crippen LogP contribution in [0.15, 0.2) is 12.1 Å². The maximum atomic E-state index is 10.6. The van der Waals surface area contributed by atoms with E-state index in [9.17, 15) is 5.11 Å². The topological polar surface area (TPSA) is 29.5 Å². The predicted octanol–water partition coefficient (Wildman–Crippen LogP) is 5.13. The minimum atomic E-state index is -0.138. The molecule has 2 atom stereocenters. The highest BCUT2D eigenvalue weighted by Gasteiger charge is 2.46. The summed E-state index contributed by atoms with van der Waals surface area (Å²) in [5.41, 5.74) is 2.08. The lowest BCUT2D eigenvalue weighted by Crippen LogP contribution is -2.45. The Balaban J connectivity index is 2.13. The second-order valence-corrected chi connectivity index (χ2v) is 8.36. The molecule has 116 valence electrons. The van der Waals surface area contributed by atoms with Crippen LogP contribution in [0.1, 0.15) is 77.3 Å². The molecule has 2 heteroatoms. The first-order valence-corrected chi connectivity index (χ1v) is 8.26. The van der Waals surface area contributed by atoms with Gasteiger partial charge >= 0.3 is 0 Å². The van der Waals surface area contributed by atoms with Crippen molar-refractivity contribution in [3.05, 3.63) is 23.3 Å². The predicted molar refractivity (Wildman–Crippen MR) is 86.2 cm³/mol. The van der Waals surface area contributed by atoms with E-state index in [0.717, 1.165) is 16.9 Å². The van der Waals surface area contributed by atoms with Crippen LogP contribution < -0.4 is 4.74 Å². The Kier molecular flexibility index (Phi) is 3.27. The van der Waals surface area contributed by atoms with Crippen LogP contribution in [0.3, 0.4) is 0 Å². The molecule has 2 nitrogen and oxygen atoms in total. The Morgan fingerprint density at radius 3 is 2.48 bits per heavy atom. The minimum Gasteiger partial charge on any atom is -0.508 e. The van der Waals surface area contributed by atoms with E-state index in [1.165, 1.54) is 25.7 Å². The Bertz CT molecular complexity index is 551. The third-order valence-electron chi connectivity index (χ3n) is 5.39. The third-order valence-corrected chi connectivity index (χ3v) is 5.39. The highest BCUT2D eigenvalue weighted by atomic mass is 16.5. The van der Waals surface area contributed by atoms with E-state index in [2.05, 4.69) is 40.7 Å². The molecule has 2 unspecified atom stereocenters. The summed E-state index contributed by atoms with van der Waals surface area (Å²) < 4.78 is 6.35. The summed E-state index contributed by atoms with van der Waals surface area (Å²) in [5.74, 6) is 2.31. The van der Waals surface area contributed by atoms with Crippen LogP contribution in [0.5, 0.6) is 11.5 Å². The van der Waals surface area contributed by atoms with E-state index < -0.39 is 0 Å². The zero-order valence-corrected chi connectivity index (χ0v) is 14.0. The number of phenols is 1. The van der Waals surface area contributed by atoms with Crippen molar-refractivity contribution in [3.63, 3.8) is 0 Å². The Morgan fingerprint density at radius 2 is 1.81 bits per heavy atom. The SMILES string of the molecule is CC(C)(C)c1cc(O)c2c(c1)OC(C)(C)C1CCCCC21. The fourth-order valence-corrected chi connectivity index (χ4v) is 4.17. The smallest absolute Gasteiger partial charge is 0.127 e. The molecule has 1 aromatic carbocycles. The van der Waals surface area contributed by atoms with Crippen molar-refractivity contribution in [2.45, 2.75) is 77.2 Å². The van der Waals surface area contributed by atoms with Gasteiger partial charge in [0.2, 0.25) is 0 Å². The van der Waals surface area contributed by atoms with Gasteiger partial charge in [-0.3, -0.25) is 0 Å². The lowest BCUT2D eigenvalue weighted by molar-refractivity contribution is -0.00727. The van der Waals surface area contributed by atoms with Crippen molar-refractivity contribution < 1.29 is 9.84 Å². The van der Waals surface area contributed by atoms with Gasteiger partial charge in [0.1, 0.15) is 17.1 Å². The standard InChI is InChI=1S/C19H28O2/c1-18(2,3)12-10-15(20)17-13-8-6-7-9-14(13)19(4,5)21-16(17)11-12/h10-11,13-14,20H,6-9H2,1-5H3. The van der Waals surface area contributed by atoms with Crippen LogP contribution in [-0.2, 0) is 5.41 Å². The first-order chi connectivity index (χ1) is 9.70.